The maximum absolute atomic E-state index is 12.9. The lowest BCUT2D eigenvalue weighted by Crippen LogP contribution is -2.35. The molecule has 9 heteroatoms. The van der Waals surface area contributed by atoms with E-state index >= 15 is 0 Å². The summed E-state index contributed by atoms with van der Waals surface area (Å²) in [6.07, 6.45) is 2.54. The molecule has 1 heterocycles. The summed E-state index contributed by atoms with van der Waals surface area (Å²) in [5, 5.41) is 0.0298. The number of esters is 1. The van der Waals surface area contributed by atoms with Crippen LogP contribution in [0.1, 0.15) is 40.0 Å². The van der Waals surface area contributed by atoms with Crippen LogP contribution in [0.4, 0.5) is 0 Å². The number of para-hydroxylation sites is 1. The first-order chi connectivity index (χ1) is 14.3. The first-order valence-electron chi connectivity index (χ1n) is 9.47. The van der Waals surface area contributed by atoms with Gasteiger partial charge in [0.15, 0.2) is 6.61 Å². The summed E-state index contributed by atoms with van der Waals surface area (Å²) in [5.41, 5.74) is 0.292. The van der Waals surface area contributed by atoms with Crippen molar-refractivity contribution in [3.63, 3.8) is 0 Å². The van der Waals surface area contributed by atoms with Crippen molar-refractivity contribution in [2.75, 3.05) is 26.8 Å². The lowest BCUT2D eigenvalue weighted by atomic mass is 10.1. The van der Waals surface area contributed by atoms with Crippen LogP contribution < -0.4 is 4.74 Å². The second-order valence-electron chi connectivity index (χ2n) is 6.81. The van der Waals surface area contributed by atoms with Crippen LogP contribution in [0.15, 0.2) is 47.4 Å². The fourth-order valence-electron chi connectivity index (χ4n) is 3.24. The number of Topliss-reactive ketones (excluding diaryl/α,β-unsaturated/α-hetero) is 1. The molecule has 1 fully saturated rings. The number of benzene rings is 2. The fraction of sp³-hybridized carbons (Fsp3) is 0.333. The number of nitrogens with zero attached hydrogens (tertiary/aromatic N) is 1. The fourth-order valence-corrected chi connectivity index (χ4v) is 5.26. The van der Waals surface area contributed by atoms with E-state index in [9.17, 15) is 18.0 Å². The van der Waals surface area contributed by atoms with Gasteiger partial charge < -0.3 is 9.47 Å². The van der Waals surface area contributed by atoms with Gasteiger partial charge in [-0.2, -0.15) is 4.31 Å². The van der Waals surface area contributed by atoms with Crippen molar-refractivity contribution in [2.24, 2.45) is 0 Å². The Balaban J connectivity index is 1.75. The van der Waals surface area contributed by atoms with E-state index in [-0.39, 0.29) is 21.0 Å². The molecule has 0 bridgehead atoms. The molecule has 0 saturated carbocycles. The normalized spacial score (nSPS) is 14.9. The third-order valence-corrected chi connectivity index (χ3v) is 7.22. The van der Waals surface area contributed by atoms with Crippen LogP contribution in [0.25, 0.3) is 0 Å². The van der Waals surface area contributed by atoms with E-state index in [1.165, 1.54) is 29.6 Å². The number of rotatable bonds is 7. The topological polar surface area (TPSA) is 90.0 Å². The van der Waals surface area contributed by atoms with Crippen LogP contribution in [0, 0.1) is 0 Å². The molecule has 0 spiro atoms. The van der Waals surface area contributed by atoms with Crippen molar-refractivity contribution in [3.8, 4) is 5.75 Å². The van der Waals surface area contributed by atoms with Crippen LogP contribution in [-0.2, 0) is 14.8 Å². The first-order valence-corrected chi connectivity index (χ1v) is 11.3. The SMILES string of the molecule is COc1ccccc1C(=O)COC(=O)c1ccc(Cl)c(S(=O)(=O)N2CCCCC2)c1. The standard InChI is InChI=1S/C21H22ClNO6S/c1-28-19-8-4-3-7-16(19)18(24)14-29-21(25)15-9-10-17(22)20(13-15)30(26,27)23-11-5-2-6-12-23/h3-4,7-10,13H,2,5-6,11-12,14H2,1H3. The van der Waals surface area contributed by atoms with Gasteiger partial charge in [0.1, 0.15) is 10.6 Å². The highest BCUT2D eigenvalue weighted by atomic mass is 35.5. The van der Waals surface area contributed by atoms with Crippen LogP contribution >= 0.6 is 11.6 Å². The lowest BCUT2D eigenvalue weighted by molar-refractivity contribution is 0.0473. The predicted molar refractivity (Wildman–Crippen MR) is 112 cm³/mol. The van der Waals surface area contributed by atoms with Gasteiger partial charge in [-0.3, -0.25) is 4.79 Å². The van der Waals surface area contributed by atoms with Gasteiger partial charge in [-0.15, -0.1) is 0 Å². The number of ketones is 1. The molecule has 1 saturated heterocycles. The molecule has 30 heavy (non-hydrogen) atoms. The van der Waals surface area contributed by atoms with E-state index in [1.807, 2.05) is 0 Å². The van der Waals surface area contributed by atoms with Gasteiger partial charge >= 0.3 is 5.97 Å². The van der Waals surface area contributed by atoms with Crippen molar-refractivity contribution < 1.29 is 27.5 Å². The van der Waals surface area contributed by atoms with Crippen LogP contribution in [0.5, 0.6) is 5.75 Å². The Morgan fingerprint density at radius 3 is 2.47 bits per heavy atom. The number of sulfonamides is 1. The second kappa shape index (κ2) is 9.59. The third-order valence-electron chi connectivity index (χ3n) is 4.84. The maximum Gasteiger partial charge on any atom is 0.338 e. The van der Waals surface area contributed by atoms with Crippen molar-refractivity contribution in [1.82, 2.24) is 4.31 Å². The second-order valence-corrected chi connectivity index (χ2v) is 9.12. The highest BCUT2D eigenvalue weighted by Gasteiger charge is 2.29. The Morgan fingerprint density at radius 1 is 1.07 bits per heavy atom. The Morgan fingerprint density at radius 2 is 1.77 bits per heavy atom. The smallest absolute Gasteiger partial charge is 0.338 e. The number of halogens is 1. The number of carbonyl (C=O) groups is 2. The molecule has 0 aromatic heterocycles. The molecule has 0 N–H and O–H groups in total. The molecule has 0 aliphatic carbocycles. The van der Waals surface area contributed by atoms with Gasteiger partial charge in [-0.1, -0.05) is 30.2 Å². The van der Waals surface area contributed by atoms with Gasteiger partial charge in [0.05, 0.1) is 23.3 Å². The van der Waals surface area contributed by atoms with Gasteiger partial charge in [-0.25, -0.2) is 13.2 Å². The minimum Gasteiger partial charge on any atom is -0.496 e. The molecule has 0 radical (unpaired) electrons. The molecule has 3 rings (SSSR count). The number of ether oxygens (including phenoxy) is 2. The molecule has 0 atom stereocenters. The highest BCUT2D eigenvalue weighted by molar-refractivity contribution is 7.89. The highest BCUT2D eigenvalue weighted by Crippen LogP contribution is 2.28. The average molecular weight is 452 g/mol. The van der Waals surface area contributed by atoms with Gasteiger partial charge in [0.25, 0.3) is 0 Å². The molecule has 160 valence electrons. The summed E-state index contributed by atoms with van der Waals surface area (Å²) in [6, 6.07) is 10.5. The predicted octanol–water partition coefficient (Wildman–Crippen LogP) is 3.56. The summed E-state index contributed by atoms with van der Waals surface area (Å²) >= 11 is 6.12. The molecule has 7 nitrogen and oxygen atoms in total. The molecule has 1 aliphatic rings. The van der Waals surface area contributed by atoms with E-state index < -0.39 is 28.4 Å². The van der Waals surface area contributed by atoms with Gasteiger partial charge in [0, 0.05) is 13.1 Å². The maximum atomic E-state index is 12.9. The molecule has 2 aromatic carbocycles. The average Bonchev–Trinajstić information content (AvgIpc) is 2.77. The molecule has 2 aromatic rings. The summed E-state index contributed by atoms with van der Waals surface area (Å²) in [5.74, 6) is -0.874. The van der Waals surface area contributed by atoms with Crippen molar-refractivity contribution in [3.05, 3.63) is 58.6 Å². The Bertz CT molecular complexity index is 1050. The van der Waals surface area contributed by atoms with Crippen LogP contribution in [0.2, 0.25) is 5.02 Å². The first kappa shape index (κ1) is 22.3. The monoisotopic (exact) mass is 451 g/mol. The number of carbonyl (C=O) groups excluding carboxylic acids is 2. The van der Waals surface area contributed by atoms with Gasteiger partial charge in [-0.05, 0) is 43.2 Å². The summed E-state index contributed by atoms with van der Waals surface area (Å²) < 4.78 is 37.5. The summed E-state index contributed by atoms with van der Waals surface area (Å²) in [7, 11) is -2.38. The Kier molecular flexibility index (Phi) is 7.12. The van der Waals surface area contributed by atoms with Crippen molar-refractivity contribution in [2.45, 2.75) is 24.2 Å². The van der Waals surface area contributed by atoms with E-state index in [4.69, 9.17) is 21.1 Å². The zero-order valence-electron chi connectivity index (χ0n) is 16.5. The third kappa shape index (κ3) is 4.83. The minimum atomic E-state index is -3.82. The quantitative estimate of drug-likeness (QED) is 0.472. The van der Waals surface area contributed by atoms with E-state index in [2.05, 4.69) is 0 Å². The van der Waals surface area contributed by atoms with E-state index in [0.29, 0.717) is 18.8 Å². The largest absolute Gasteiger partial charge is 0.496 e. The van der Waals surface area contributed by atoms with E-state index in [0.717, 1.165) is 19.3 Å². The van der Waals surface area contributed by atoms with E-state index in [1.54, 1.807) is 24.3 Å². The minimum absolute atomic E-state index is 0.00260. The number of hydrogen-bond acceptors (Lipinski definition) is 6. The molecular weight excluding hydrogens is 430 g/mol. The molecule has 1 aliphatic heterocycles. The Labute approximate surface area is 180 Å². The number of hydrogen-bond donors (Lipinski definition) is 0. The summed E-state index contributed by atoms with van der Waals surface area (Å²) in [6.45, 7) is 0.331. The number of piperidine rings is 1. The molecule has 0 unspecified atom stereocenters. The molecular formula is C21H22ClNO6S. The van der Waals surface area contributed by atoms with Crippen molar-refractivity contribution in [1.29, 1.82) is 0 Å². The molecule has 0 amide bonds. The zero-order valence-corrected chi connectivity index (χ0v) is 18.0. The van der Waals surface area contributed by atoms with Crippen LogP contribution in [-0.4, -0.2) is 51.3 Å². The zero-order chi connectivity index (χ0) is 21.7. The summed E-state index contributed by atoms with van der Waals surface area (Å²) in [4.78, 5) is 24.7. The van der Waals surface area contributed by atoms with Crippen LogP contribution in [0.3, 0.4) is 0 Å². The van der Waals surface area contributed by atoms with Gasteiger partial charge in [0.2, 0.25) is 15.8 Å². The lowest BCUT2D eigenvalue weighted by Gasteiger charge is -2.26. The Hall–Kier alpha value is -2.42. The van der Waals surface area contributed by atoms with Crippen molar-refractivity contribution >= 4 is 33.4 Å². The number of methoxy groups -OCH3 is 1.